The maximum atomic E-state index is 5.34. The highest BCUT2D eigenvalue weighted by atomic mass is 15.2. The van der Waals surface area contributed by atoms with Gasteiger partial charge in [-0.15, -0.1) is 0 Å². The summed E-state index contributed by atoms with van der Waals surface area (Å²) in [4.78, 5) is 22.7. The molecule has 0 radical (unpaired) electrons. The lowest BCUT2D eigenvalue weighted by Gasteiger charge is -2.26. The minimum absolute atomic E-state index is 0.138. The van der Waals surface area contributed by atoms with E-state index in [0.717, 1.165) is 90.8 Å². The summed E-state index contributed by atoms with van der Waals surface area (Å²) in [5.74, 6) is 0.138. The van der Waals surface area contributed by atoms with E-state index in [-0.39, 0.29) is 5.92 Å². The normalized spacial score (nSPS) is 14.3. The van der Waals surface area contributed by atoms with Crippen LogP contribution in [0.3, 0.4) is 0 Å². The zero-order valence-electron chi connectivity index (χ0n) is 37.4. The summed E-state index contributed by atoms with van der Waals surface area (Å²) in [6.45, 7) is 0. The number of allylic oxidation sites excluding steroid dienone is 4. The topological polar surface area (TPSA) is 64.7 Å². The molecule has 1 aliphatic heterocycles. The van der Waals surface area contributed by atoms with E-state index in [1.165, 1.54) is 38.5 Å². The van der Waals surface area contributed by atoms with Crippen molar-refractivity contribution in [3.63, 3.8) is 0 Å². The maximum absolute atomic E-state index is 5.34. The molecule has 0 saturated carbocycles. The number of benzene rings is 7. The molecule has 1 unspecified atom stereocenters. The van der Waals surface area contributed by atoms with Crippen molar-refractivity contribution >= 4 is 60.7 Å². The number of fused-ring (bicyclic) bond motifs is 9. The molecule has 6 heterocycles. The summed E-state index contributed by atoms with van der Waals surface area (Å²) in [5, 5.41) is 4.73. The van der Waals surface area contributed by atoms with E-state index in [1.807, 2.05) is 36.8 Å². The van der Waals surface area contributed by atoms with Gasteiger partial charge in [0, 0.05) is 79.4 Å². The third kappa shape index (κ3) is 6.35. The Kier molecular flexibility index (Phi) is 8.89. The first-order valence-corrected chi connectivity index (χ1v) is 23.5. The molecular formula is C62H41N7. The molecule has 2 aliphatic rings. The van der Waals surface area contributed by atoms with Crippen LogP contribution >= 0.6 is 0 Å². The fourth-order valence-electron chi connectivity index (χ4n) is 10.8. The molecule has 7 heteroatoms. The summed E-state index contributed by atoms with van der Waals surface area (Å²) in [5.41, 5.74) is 19.1. The van der Waals surface area contributed by atoms with Gasteiger partial charge in [0.1, 0.15) is 0 Å². The molecule has 0 fully saturated rings. The zero-order valence-corrected chi connectivity index (χ0v) is 37.4. The van der Waals surface area contributed by atoms with Crippen LogP contribution in [0.2, 0.25) is 0 Å². The van der Waals surface area contributed by atoms with Crippen molar-refractivity contribution in [2.45, 2.75) is 12.3 Å². The maximum Gasteiger partial charge on any atom is 0.0893 e. The van der Waals surface area contributed by atoms with Gasteiger partial charge in [0.2, 0.25) is 0 Å². The molecule has 7 nitrogen and oxygen atoms in total. The first-order chi connectivity index (χ1) is 34.2. The van der Waals surface area contributed by atoms with Crippen molar-refractivity contribution in [2.75, 3.05) is 4.90 Å². The van der Waals surface area contributed by atoms with Gasteiger partial charge in [-0.05, 0) is 78.9 Å². The van der Waals surface area contributed by atoms with E-state index in [1.54, 1.807) is 0 Å². The van der Waals surface area contributed by atoms with Crippen LogP contribution in [0, 0.1) is 0 Å². The third-order valence-corrected chi connectivity index (χ3v) is 13.9. The van der Waals surface area contributed by atoms with Gasteiger partial charge in [0.15, 0.2) is 0 Å². The molecule has 12 aromatic rings. The van der Waals surface area contributed by atoms with E-state index in [4.69, 9.17) is 19.9 Å². The first kappa shape index (κ1) is 39.0. The van der Waals surface area contributed by atoms with Crippen molar-refractivity contribution in [1.29, 1.82) is 0 Å². The fourth-order valence-corrected chi connectivity index (χ4v) is 10.8. The largest absolute Gasteiger partial charge is 0.313 e. The molecular weight excluding hydrogens is 843 g/mol. The number of nitrogens with zero attached hydrogens (tertiary/aromatic N) is 7. The highest BCUT2D eigenvalue weighted by molar-refractivity contribution is 6.12. The Balaban J connectivity index is 0.866. The molecule has 1 aliphatic carbocycles. The van der Waals surface area contributed by atoms with Gasteiger partial charge >= 0.3 is 0 Å². The minimum Gasteiger partial charge on any atom is -0.313 e. The Labute approximate surface area is 398 Å². The number of aromatic nitrogens is 6. The van der Waals surface area contributed by atoms with Crippen LogP contribution in [-0.4, -0.2) is 29.1 Å². The average molecular weight is 884 g/mol. The smallest absolute Gasteiger partial charge is 0.0893 e. The predicted octanol–water partition coefficient (Wildman–Crippen LogP) is 15.2. The van der Waals surface area contributed by atoms with E-state index < -0.39 is 0 Å². The van der Waals surface area contributed by atoms with Gasteiger partial charge in [-0.25, -0.2) is 9.97 Å². The fraction of sp³-hybridized carbons (Fsp3) is 0.0323. The van der Waals surface area contributed by atoms with Gasteiger partial charge in [-0.1, -0.05) is 133 Å². The third-order valence-electron chi connectivity index (χ3n) is 13.9. The standard InChI is InChI=1S/C62H41N7/c1-4-15-40(16-5-1)52-36-46(37-53(65-52)41-17-6-2-7-18-41)69-56-23-12-10-21-47(56)49-29-26-43(34-61(49)69)55-39-63-38-54(66-55)42-27-30-58-50(33-42)48-22-11-13-24-57(48)68(58)45-28-31-59-51(35-45)62-60(25-14-32-64-62)67(59)44-19-8-3-9-20-44/h1-34,36-39,51H,35H2. The lowest BCUT2D eigenvalue weighted by molar-refractivity contribution is 0.784. The summed E-state index contributed by atoms with van der Waals surface area (Å²) in [6, 6.07) is 70.9. The van der Waals surface area contributed by atoms with Crippen molar-refractivity contribution in [1.82, 2.24) is 29.1 Å². The minimum atomic E-state index is 0.138. The van der Waals surface area contributed by atoms with Gasteiger partial charge in [0.25, 0.3) is 0 Å². The molecule has 324 valence electrons. The van der Waals surface area contributed by atoms with Crippen molar-refractivity contribution in [3.8, 4) is 50.7 Å². The molecule has 5 aromatic heterocycles. The molecule has 7 aromatic carbocycles. The van der Waals surface area contributed by atoms with Crippen LogP contribution in [0.5, 0.6) is 0 Å². The quantitative estimate of drug-likeness (QED) is 0.160. The van der Waals surface area contributed by atoms with Crippen molar-refractivity contribution in [2.24, 2.45) is 0 Å². The number of para-hydroxylation sites is 3. The SMILES string of the molecule is C1=C2C(CC(n3c4ccccc4c4cc(-c5cncc(-c6ccc7c8ccccc8n(-c8cc(-c9ccccc9)nc(-c9ccccc9)c8)c7c6)n5)ccc43)=C1)c1ncccc1N2c1ccccc1. The summed E-state index contributed by atoms with van der Waals surface area (Å²) < 4.78 is 4.82. The number of hydrogen-bond donors (Lipinski definition) is 0. The molecule has 14 rings (SSSR count). The second-order valence-electron chi connectivity index (χ2n) is 17.9. The molecule has 1 atom stereocenters. The van der Waals surface area contributed by atoms with Crippen LogP contribution in [0.4, 0.5) is 11.4 Å². The molecule has 69 heavy (non-hydrogen) atoms. The summed E-state index contributed by atoms with van der Waals surface area (Å²) in [6.07, 6.45) is 11.1. The second kappa shape index (κ2) is 15.7. The van der Waals surface area contributed by atoms with Crippen LogP contribution in [0.15, 0.2) is 237 Å². The van der Waals surface area contributed by atoms with Gasteiger partial charge < -0.3 is 14.0 Å². The average Bonchev–Trinajstić information content (AvgIpc) is 4.06. The number of anilines is 2. The van der Waals surface area contributed by atoms with Gasteiger partial charge in [-0.3, -0.25) is 9.97 Å². The van der Waals surface area contributed by atoms with E-state index in [2.05, 4.69) is 208 Å². The Morgan fingerprint density at radius 1 is 0.406 bits per heavy atom. The Morgan fingerprint density at radius 2 is 0.986 bits per heavy atom. The second-order valence-corrected chi connectivity index (χ2v) is 17.9. The van der Waals surface area contributed by atoms with Crippen LogP contribution in [-0.2, 0) is 0 Å². The summed E-state index contributed by atoms with van der Waals surface area (Å²) >= 11 is 0. The Morgan fingerprint density at radius 3 is 1.71 bits per heavy atom. The molecule has 0 amide bonds. The highest BCUT2D eigenvalue weighted by Crippen LogP contribution is 2.52. The van der Waals surface area contributed by atoms with Crippen molar-refractivity contribution in [3.05, 3.63) is 242 Å². The Hall–Kier alpha value is -9.20. The van der Waals surface area contributed by atoms with Gasteiger partial charge in [0.05, 0.1) is 74.3 Å². The summed E-state index contributed by atoms with van der Waals surface area (Å²) in [7, 11) is 0. The van der Waals surface area contributed by atoms with Crippen LogP contribution in [0.25, 0.3) is 100 Å². The van der Waals surface area contributed by atoms with Gasteiger partial charge in [-0.2, -0.15) is 0 Å². The van der Waals surface area contributed by atoms with Crippen LogP contribution in [0.1, 0.15) is 18.0 Å². The highest BCUT2D eigenvalue weighted by Gasteiger charge is 2.38. The lowest BCUT2D eigenvalue weighted by Crippen LogP contribution is -2.16. The Bertz CT molecular complexity index is 4000. The molecule has 0 bridgehead atoms. The zero-order chi connectivity index (χ0) is 45.4. The number of hydrogen-bond acceptors (Lipinski definition) is 5. The van der Waals surface area contributed by atoms with E-state index in [0.29, 0.717) is 0 Å². The van der Waals surface area contributed by atoms with E-state index >= 15 is 0 Å². The molecule has 0 N–H and O–H groups in total. The number of pyridine rings is 2. The monoisotopic (exact) mass is 883 g/mol. The van der Waals surface area contributed by atoms with Crippen molar-refractivity contribution < 1.29 is 0 Å². The first-order valence-electron chi connectivity index (χ1n) is 23.5. The lowest BCUT2D eigenvalue weighted by atomic mass is 9.93. The predicted molar refractivity (Wildman–Crippen MR) is 281 cm³/mol. The molecule has 0 saturated heterocycles. The molecule has 0 spiro atoms. The number of rotatable bonds is 7. The van der Waals surface area contributed by atoms with Crippen LogP contribution < -0.4 is 4.90 Å². The van der Waals surface area contributed by atoms with E-state index in [9.17, 15) is 0 Å².